The normalized spacial score (nSPS) is 14.7. The molecule has 1 atom stereocenters. The van der Waals surface area contributed by atoms with Crippen molar-refractivity contribution in [1.82, 2.24) is 14.8 Å². The van der Waals surface area contributed by atoms with E-state index in [1.807, 2.05) is 42.5 Å². The van der Waals surface area contributed by atoms with Crippen molar-refractivity contribution >= 4 is 34.0 Å². The number of halogens is 2. The minimum atomic E-state index is -1.41. The molecule has 1 amide bonds. The maximum absolute atomic E-state index is 15.1. The lowest BCUT2D eigenvalue weighted by Gasteiger charge is -2.29. The molecular weight excluding hydrogens is 527 g/mol. The van der Waals surface area contributed by atoms with Gasteiger partial charge in [0.05, 0.1) is 22.8 Å². The molecule has 0 bridgehead atoms. The number of hydrogen-bond donors (Lipinski definition) is 2. The molecule has 1 aliphatic rings. The lowest BCUT2D eigenvalue weighted by molar-refractivity contribution is 0.0624. The van der Waals surface area contributed by atoms with E-state index in [1.54, 1.807) is 42.1 Å². The average Bonchev–Trinajstić information content (AvgIpc) is 3.72. The Morgan fingerprint density at radius 1 is 1.07 bits per heavy atom. The zero-order chi connectivity index (χ0) is 27.9. The van der Waals surface area contributed by atoms with E-state index >= 15 is 4.39 Å². The second-order valence-electron chi connectivity index (χ2n) is 10.5. The highest BCUT2D eigenvalue weighted by Crippen LogP contribution is 2.41. The van der Waals surface area contributed by atoms with Crippen LogP contribution in [0.5, 0.6) is 0 Å². The number of amides is 1. The van der Waals surface area contributed by atoms with E-state index < -0.39 is 17.3 Å². The van der Waals surface area contributed by atoms with Gasteiger partial charge >= 0.3 is 0 Å². The first-order valence-electron chi connectivity index (χ1n) is 13.3. The first-order valence-corrected chi connectivity index (χ1v) is 13.7. The van der Waals surface area contributed by atoms with Crippen LogP contribution in [0.25, 0.3) is 16.5 Å². The molecule has 0 saturated heterocycles. The molecule has 202 valence electrons. The fourth-order valence-corrected chi connectivity index (χ4v) is 5.29. The van der Waals surface area contributed by atoms with Gasteiger partial charge in [-0.1, -0.05) is 48.7 Å². The van der Waals surface area contributed by atoms with E-state index in [4.69, 9.17) is 11.6 Å². The van der Waals surface area contributed by atoms with Gasteiger partial charge in [-0.15, -0.1) is 0 Å². The van der Waals surface area contributed by atoms with Crippen molar-refractivity contribution in [3.63, 3.8) is 0 Å². The van der Waals surface area contributed by atoms with Crippen molar-refractivity contribution in [3.05, 3.63) is 119 Å². The number of nitrogens with one attached hydrogen (secondary N) is 1. The average molecular weight is 555 g/mol. The summed E-state index contributed by atoms with van der Waals surface area (Å²) in [6, 6.07) is 22.6. The van der Waals surface area contributed by atoms with Crippen LogP contribution >= 0.6 is 11.6 Å². The molecule has 2 heterocycles. The monoisotopic (exact) mass is 554 g/mol. The second-order valence-corrected chi connectivity index (χ2v) is 10.9. The predicted molar refractivity (Wildman–Crippen MR) is 154 cm³/mol. The summed E-state index contributed by atoms with van der Waals surface area (Å²) in [4.78, 5) is 17.9. The summed E-state index contributed by atoms with van der Waals surface area (Å²) >= 11 is 6.12. The molecule has 6 nitrogen and oxygen atoms in total. The number of carbonyl (C=O) groups is 1. The number of aliphatic hydroxyl groups is 1. The maximum Gasteiger partial charge on any atom is 0.274 e. The summed E-state index contributed by atoms with van der Waals surface area (Å²) in [5, 5.41) is 21.7. The predicted octanol–water partition coefficient (Wildman–Crippen LogP) is 7.20. The number of rotatable bonds is 8. The molecule has 5 aromatic rings. The number of hydrogen-bond acceptors (Lipinski definition) is 4. The van der Waals surface area contributed by atoms with Gasteiger partial charge < -0.3 is 10.4 Å². The van der Waals surface area contributed by atoms with Crippen LogP contribution in [0.4, 0.5) is 10.1 Å². The third kappa shape index (κ3) is 5.22. The van der Waals surface area contributed by atoms with Crippen molar-refractivity contribution in [2.75, 3.05) is 5.32 Å². The molecule has 2 aromatic heterocycles. The third-order valence-electron chi connectivity index (χ3n) is 7.49. The number of carbonyl (C=O) groups excluding carboxylic acids is 1. The Bertz CT molecular complexity index is 1720. The van der Waals surface area contributed by atoms with Gasteiger partial charge in [-0.05, 0) is 96.6 Å². The molecule has 2 N–H and O–H groups in total. The van der Waals surface area contributed by atoms with Crippen molar-refractivity contribution in [3.8, 4) is 5.69 Å². The number of fused-ring (bicyclic) bond motifs is 1. The molecule has 40 heavy (non-hydrogen) atoms. The molecule has 1 aliphatic carbocycles. The molecule has 0 radical (unpaired) electrons. The van der Waals surface area contributed by atoms with Gasteiger partial charge in [-0.2, -0.15) is 5.10 Å². The van der Waals surface area contributed by atoms with Crippen LogP contribution in [-0.2, 0) is 5.60 Å². The topological polar surface area (TPSA) is 80.0 Å². The van der Waals surface area contributed by atoms with Gasteiger partial charge in [-0.25, -0.2) is 9.07 Å². The Morgan fingerprint density at radius 3 is 2.65 bits per heavy atom. The molecule has 0 spiro atoms. The van der Waals surface area contributed by atoms with Crippen LogP contribution in [0.15, 0.2) is 85.1 Å². The number of aryl methyl sites for hydroxylation is 1. The maximum atomic E-state index is 15.1. The summed E-state index contributed by atoms with van der Waals surface area (Å²) in [6.45, 7) is 1.79. The summed E-state index contributed by atoms with van der Waals surface area (Å²) < 4.78 is 16.6. The molecule has 1 fully saturated rings. The lowest BCUT2D eigenvalue weighted by atomic mass is 9.84. The molecule has 6 rings (SSSR count). The minimum Gasteiger partial charge on any atom is -0.379 e. The summed E-state index contributed by atoms with van der Waals surface area (Å²) in [5.41, 5.74) is 1.11. The van der Waals surface area contributed by atoms with Gasteiger partial charge in [0.2, 0.25) is 0 Å². The highest BCUT2D eigenvalue weighted by atomic mass is 35.5. The van der Waals surface area contributed by atoms with Crippen molar-refractivity contribution < 1.29 is 14.3 Å². The van der Waals surface area contributed by atoms with E-state index in [9.17, 15) is 9.90 Å². The van der Waals surface area contributed by atoms with Crippen molar-refractivity contribution in [2.45, 2.75) is 38.2 Å². The van der Waals surface area contributed by atoms with Gasteiger partial charge in [-0.3, -0.25) is 9.78 Å². The van der Waals surface area contributed by atoms with E-state index in [-0.39, 0.29) is 11.4 Å². The van der Waals surface area contributed by atoms with Crippen molar-refractivity contribution in [2.24, 2.45) is 5.92 Å². The quantitative estimate of drug-likeness (QED) is 0.212. The van der Waals surface area contributed by atoms with E-state index in [2.05, 4.69) is 15.4 Å². The molecule has 3 aromatic carbocycles. The molecular formula is C32H28ClFN4O2. The lowest BCUT2D eigenvalue weighted by Crippen LogP contribution is -2.29. The standard InChI is InChI=1S/C32H28ClFN4O2/c1-20-16-29(38(37-20)26-11-8-22-17-25(33)10-7-23(22)18-26)31(39)36-28-19-24(9-12-27(28)34)32(40,14-13-21-5-6-21)30-4-2-3-15-35-30/h2-4,7-12,15-19,21,40H,5-6,13-14H2,1H3,(H,36,39). The molecule has 8 heteroatoms. The third-order valence-corrected chi connectivity index (χ3v) is 7.72. The minimum absolute atomic E-state index is 0.0261. The highest BCUT2D eigenvalue weighted by Gasteiger charge is 2.36. The van der Waals surface area contributed by atoms with Crippen LogP contribution in [0, 0.1) is 18.7 Å². The van der Waals surface area contributed by atoms with E-state index in [1.165, 1.54) is 12.1 Å². The number of benzene rings is 3. The fourth-order valence-electron chi connectivity index (χ4n) is 5.11. The van der Waals surface area contributed by atoms with Crippen LogP contribution in [-0.4, -0.2) is 25.8 Å². The Kier molecular flexibility index (Phi) is 6.86. The van der Waals surface area contributed by atoms with Crippen LogP contribution < -0.4 is 5.32 Å². The van der Waals surface area contributed by atoms with Crippen molar-refractivity contribution in [1.29, 1.82) is 0 Å². The van der Waals surface area contributed by atoms with Gasteiger partial charge in [0.15, 0.2) is 0 Å². The first-order chi connectivity index (χ1) is 19.3. The number of nitrogens with zero attached hydrogens (tertiary/aromatic N) is 3. The number of pyridine rings is 1. The SMILES string of the molecule is Cc1cc(C(=O)Nc2cc(C(O)(CCC3CC3)c3ccccn3)ccc2F)n(-c2ccc3cc(Cl)ccc3c2)n1. The Hall–Kier alpha value is -4.07. The Balaban J connectivity index is 1.33. The largest absolute Gasteiger partial charge is 0.379 e. The zero-order valence-electron chi connectivity index (χ0n) is 21.9. The smallest absolute Gasteiger partial charge is 0.274 e. The summed E-state index contributed by atoms with van der Waals surface area (Å²) in [6.07, 6.45) is 5.23. The molecule has 1 unspecified atom stereocenters. The summed E-state index contributed by atoms with van der Waals surface area (Å²) in [7, 11) is 0. The van der Waals surface area contributed by atoms with Crippen LogP contribution in [0.3, 0.4) is 0 Å². The Morgan fingerprint density at radius 2 is 1.88 bits per heavy atom. The highest BCUT2D eigenvalue weighted by molar-refractivity contribution is 6.31. The van der Waals surface area contributed by atoms with Crippen LogP contribution in [0.1, 0.15) is 53.1 Å². The Labute approximate surface area is 236 Å². The molecule has 1 saturated carbocycles. The summed E-state index contributed by atoms with van der Waals surface area (Å²) in [5.74, 6) is -0.536. The van der Waals surface area contributed by atoms with E-state index in [0.717, 1.165) is 30.0 Å². The number of anilines is 1. The molecule has 0 aliphatic heterocycles. The van der Waals surface area contributed by atoms with E-state index in [0.29, 0.717) is 40.0 Å². The second kappa shape index (κ2) is 10.5. The zero-order valence-corrected chi connectivity index (χ0v) is 22.7. The van der Waals surface area contributed by atoms with Crippen LogP contribution in [0.2, 0.25) is 5.02 Å². The van der Waals surface area contributed by atoms with Gasteiger partial charge in [0.1, 0.15) is 17.1 Å². The number of aromatic nitrogens is 3. The fraction of sp³-hybridized carbons (Fsp3) is 0.219. The van der Waals surface area contributed by atoms with Gasteiger partial charge in [0.25, 0.3) is 5.91 Å². The van der Waals surface area contributed by atoms with Gasteiger partial charge in [0, 0.05) is 11.2 Å². The first kappa shape index (κ1) is 26.2.